The maximum Gasteiger partial charge on any atom is 0.335 e. The molecule has 1 heterocycles. The largest absolute Gasteiger partial charge is 0.493 e. The maximum absolute atomic E-state index is 13.1. The van der Waals surface area contributed by atoms with Crippen molar-refractivity contribution < 1.29 is 23.9 Å². The number of hydrogen-bond donors (Lipinski definition) is 1. The topological polar surface area (TPSA) is 84.9 Å². The van der Waals surface area contributed by atoms with Crippen LogP contribution in [-0.4, -0.2) is 31.6 Å². The van der Waals surface area contributed by atoms with Crippen molar-refractivity contribution in [3.63, 3.8) is 0 Å². The summed E-state index contributed by atoms with van der Waals surface area (Å²) in [6.45, 7) is 6.05. The van der Waals surface area contributed by atoms with Crippen molar-refractivity contribution in [3.05, 3.63) is 58.7 Å². The minimum absolute atomic E-state index is 0.142. The first-order valence-corrected chi connectivity index (χ1v) is 9.15. The van der Waals surface area contributed by atoms with Crippen LogP contribution in [0.5, 0.6) is 11.5 Å². The van der Waals surface area contributed by atoms with E-state index in [4.69, 9.17) is 9.47 Å². The third-order valence-corrected chi connectivity index (χ3v) is 4.72. The molecule has 2 aromatic carbocycles. The van der Waals surface area contributed by atoms with E-state index in [9.17, 15) is 14.4 Å². The second-order valence-corrected chi connectivity index (χ2v) is 6.52. The summed E-state index contributed by atoms with van der Waals surface area (Å²) < 4.78 is 10.8. The van der Waals surface area contributed by atoms with Crippen LogP contribution in [0.25, 0.3) is 6.08 Å². The Morgan fingerprint density at radius 2 is 1.83 bits per heavy atom. The molecule has 1 N–H and O–H groups in total. The standard InChI is InChI=1S/C22H22N2O5/c1-5-29-18-10-9-15(12-19(18)28-4)11-16-20(25)23-22(27)24(21(16)26)17-8-6-7-13(2)14(17)3/h6-12H,5H2,1-4H3,(H,23,25,27)/b16-11+. The van der Waals surface area contributed by atoms with Crippen molar-refractivity contribution in [2.24, 2.45) is 0 Å². The van der Waals surface area contributed by atoms with Crippen LogP contribution in [0, 0.1) is 13.8 Å². The average molecular weight is 394 g/mol. The summed E-state index contributed by atoms with van der Waals surface area (Å²) in [5.74, 6) is -0.384. The molecule has 0 unspecified atom stereocenters. The normalized spacial score (nSPS) is 15.5. The zero-order valence-electron chi connectivity index (χ0n) is 16.7. The number of anilines is 1. The predicted molar refractivity (Wildman–Crippen MR) is 109 cm³/mol. The number of imide groups is 2. The molecule has 1 saturated heterocycles. The van der Waals surface area contributed by atoms with Gasteiger partial charge in [-0.3, -0.25) is 14.9 Å². The molecule has 0 radical (unpaired) electrons. The number of aryl methyl sites for hydroxylation is 1. The van der Waals surface area contributed by atoms with Gasteiger partial charge in [0.2, 0.25) is 0 Å². The maximum atomic E-state index is 13.1. The van der Waals surface area contributed by atoms with Crippen molar-refractivity contribution in [1.82, 2.24) is 5.32 Å². The first kappa shape index (κ1) is 20.1. The van der Waals surface area contributed by atoms with Crippen LogP contribution in [0.15, 0.2) is 42.0 Å². The molecule has 0 aromatic heterocycles. The third-order valence-electron chi connectivity index (χ3n) is 4.72. The number of urea groups is 1. The first-order chi connectivity index (χ1) is 13.9. The van der Waals surface area contributed by atoms with Gasteiger partial charge < -0.3 is 9.47 Å². The van der Waals surface area contributed by atoms with E-state index in [0.717, 1.165) is 16.0 Å². The number of rotatable bonds is 5. The molecule has 1 fully saturated rings. The summed E-state index contributed by atoms with van der Waals surface area (Å²) >= 11 is 0. The van der Waals surface area contributed by atoms with Gasteiger partial charge in [0.25, 0.3) is 11.8 Å². The van der Waals surface area contributed by atoms with Crippen LogP contribution in [0.3, 0.4) is 0 Å². The summed E-state index contributed by atoms with van der Waals surface area (Å²) in [5.41, 5.74) is 2.58. The molecule has 0 atom stereocenters. The van der Waals surface area contributed by atoms with Gasteiger partial charge in [0.05, 0.1) is 19.4 Å². The van der Waals surface area contributed by atoms with Crippen molar-refractivity contribution in [2.45, 2.75) is 20.8 Å². The number of ether oxygens (including phenoxy) is 2. The van der Waals surface area contributed by atoms with Gasteiger partial charge in [0.1, 0.15) is 5.57 Å². The van der Waals surface area contributed by atoms with E-state index in [-0.39, 0.29) is 5.57 Å². The van der Waals surface area contributed by atoms with Crippen LogP contribution >= 0.6 is 0 Å². The number of nitrogens with one attached hydrogen (secondary N) is 1. The van der Waals surface area contributed by atoms with Crippen LogP contribution < -0.4 is 19.7 Å². The van der Waals surface area contributed by atoms with E-state index in [2.05, 4.69) is 5.32 Å². The van der Waals surface area contributed by atoms with E-state index < -0.39 is 17.8 Å². The Morgan fingerprint density at radius 1 is 1.07 bits per heavy atom. The lowest BCUT2D eigenvalue weighted by Gasteiger charge is -2.28. The van der Waals surface area contributed by atoms with Gasteiger partial charge in [-0.2, -0.15) is 0 Å². The van der Waals surface area contributed by atoms with Crippen LogP contribution in [0.1, 0.15) is 23.6 Å². The van der Waals surface area contributed by atoms with Gasteiger partial charge in [0, 0.05) is 0 Å². The van der Waals surface area contributed by atoms with Gasteiger partial charge in [0.15, 0.2) is 11.5 Å². The van der Waals surface area contributed by atoms with Gasteiger partial charge >= 0.3 is 6.03 Å². The molecule has 7 nitrogen and oxygen atoms in total. The average Bonchev–Trinajstić information content (AvgIpc) is 2.69. The lowest BCUT2D eigenvalue weighted by atomic mass is 10.0. The minimum atomic E-state index is -0.768. The van der Waals surface area contributed by atoms with E-state index >= 15 is 0 Å². The summed E-state index contributed by atoms with van der Waals surface area (Å²) in [6.07, 6.45) is 1.43. The zero-order valence-corrected chi connectivity index (χ0v) is 16.7. The smallest absolute Gasteiger partial charge is 0.335 e. The fraction of sp³-hybridized carbons (Fsp3) is 0.227. The van der Waals surface area contributed by atoms with Crippen LogP contribution in [0.2, 0.25) is 0 Å². The fourth-order valence-electron chi connectivity index (χ4n) is 3.07. The summed E-state index contributed by atoms with van der Waals surface area (Å²) in [6, 6.07) is 9.63. The number of barbiturate groups is 1. The quantitative estimate of drug-likeness (QED) is 0.621. The second-order valence-electron chi connectivity index (χ2n) is 6.52. The molecule has 3 rings (SSSR count). The Morgan fingerprint density at radius 3 is 2.52 bits per heavy atom. The summed E-state index contributed by atoms with van der Waals surface area (Å²) in [5, 5.41) is 2.24. The Balaban J connectivity index is 2.03. The number of nitrogens with zero attached hydrogens (tertiary/aromatic N) is 1. The number of carbonyl (C=O) groups is 3. The first-order valence-electron chi connectivity index (χ1n) is 9.15. The Hall–Kier alpha value is -3.61. The molecule has 1 aliphatic rings. The monoisotopic (exact) mass is 394 g/mol. The highest BCUT2D eigenvalue weighted by atomic mass is 16.5. The number of methoxy groups -OCH3 is 1. The van der Waals surface area contributed by atoms with Crippen molar-refractivity contribution in [1.29, 1.82) is 0 Å². The summed E-state index contributed by atoms with van der Waals surface area (Å²) in [7, 11) is 1.51. The Labute approximate surface area is 168 Å². The molecule has 1 aliphatic heterocycles. The molecule has 0 spiro atoms. The highest BCUT2D eigenvalue weighted by Crippen LogP contribution is 2.30. The van der Waals surface area contributed by atoms with Crippen molar-refractivity contribution in [3.8, 4) is 11.5 Å². The molecule has 29 heavy (non-hydrogen) atoms. The SMILES string of the molecule is CCOc1ccc(/C=C2\C(=O)NC(=O)N(c3cccc(C)c3C)C2=O)cc1OC. The van der Waals surface area contributed by atoms with Gasteiger partial charge in [-0.1, -0.05) is 18.2 Å². The van der Waals surface area contributed by atoms with E-state index in [1.807, 2.05) is 26.8 Å². The number of carbonyl (C=O) groups excluding carboxylic acids is 3. The summed E-state index contributed by atoms with van der Waals surface area (Å²) in [4.78, 5) is 38.8. The van der Waals surface area contributed by atoms with E-state index in [1.165, 1.54) is 13.2 Å². The van der Waals surface area contributed by atoms with Crippen molar-refractivity contribution >= 4 is 29.6 Å². The zero-order chi connectivity index (χ0) is 21.1. The molecule has 150 valence electrons. The lowest BCUT2D eigenvalue weighted by Crippen LogP contribution is -2.54. The number of amides is 4. The molecule has 7 heteroatoms. The predicted octanol–water partition coefficient (Wildman–Crippen LogP) is 3.38. The fourth-order valence-corrected chi connectivity index (χ4v) is 3.07. The van der Waals surface area contributed by atoms with Crippen molar-refractivity contribution in [2.75, 3.05) is 18.6 Å². The number of hydrogen-bond acceptors (Lipinski definition) is 5. The molecular weight excluding hydrogens is 372 g/mol. The number of benzene rings is 2. The minimum Gasteiger partial charge on any atom is -0.493 e. The molecular formula is C22H22N2O5. The van der Waals surface area contributed by atoms with E-state index in [0.29, 0.717) is 29.4 Å². The molecule has 0 bridgehead atoms. The second kappa shape index (κ2) is 8.18. The van der Waals surface area contributed by atoms with Gasteiger partial charge in [-0.25, -0.2) is 9.69 Å². The highest BCUT2D eigenvalue weighted by Gasteiger charge is 2.37. The van der Waals surface area contributed by atoms with Crippen LogP contribution in [-0.2, 0) is 9.59 Å². The molecule has 0 saturated carbocycles. The molecule has 0 aliphatic carbocycles. The third kappa shape index (κ3) is 3.85. The van der Waals surface area contributed by atoms with Crippen LogP contribution in [0.4, 0.5) is 10.5 Å². The Kier molecular flexibility index (Phi) is 5.68. The molecule has 4 amide bonds. The van der Waals surface area contributed by atoms with Gasteiger partial charge in [-0.15, -0.1) is 0 Å². The van der Waals surface area contributed by atoms with Gasteiger partial charge in [-0.05, 0) is 61.7 Å². The Bertz CT molecular complexity index is 1030. The lowest BCUT2D eigenvalue weighted by molar-refractivity contribution is -0.122. The molecule has 2 aromatic rings. The highest BCUT2D eigenvalue weighted by molar-refractivity contribution is 6.39. The van der Waals surface area contributed by atoms with E-state index in [1.54, 1.807) is 30.3 Å².